The van der Waals surface area contributed by atoms with E-state index in [0.717, 1.165) is 12.0 Å². The maximum atomic E-state index is 12.2. The van der Waals surface area contributed by atoms with Crippen molar-refractivity contribution in [2.45, 2.75) is 18.2 Å². The van der Waals surface area contributed by atoms with Crippen molar-refractivity contribution in [1.82, 2.24) is 0 Å². The van der Waals surface area contributed by atoms with Gasteiger partial charge in [0.1, 0.15) is 4.90 Å². The lowest BCUT2D eigenvalue weighted by Crippen LogP contribution is -2.10. The van der Waals surface area contributed by atoms with Crippen molar-refractivity contribution in [3.05, 3.63) is 58.6 Å². The minimum Gasteiger partial charge on any atom is -0.377 e. The van der Waals surface area contributed by atoms with Gasteiger partial charge in [-0.15, -0.1) is 0 Å². The number of hydrogen-bond donors (Lipinski definition) is 0. The van der Waals surface area contributed by atoms with Crippen LogP contribution in [0.2, 0.25) is 5.02 Å². The first-order valence-corrected chi connectivity index (χ1v) is 7.98. The molecule has 0 fully saturated rings. The van der Waals surface area contributed by atoms with Crippen LogP contribution in [-0.2, 0) is 16.5 Å². The Morgan fingerprint density at radius 1 is 1.19 bits per heavy atom. The molecule has 0 bridgehead atoms. The quantitative estimate of drug-likeness (QED) is 0.808. The third-order valence-electron chi connectivity index (χ3n) is 2.88. The van der Waals surface area contributed by atoms with E-state index in [0.29, 0.717) is 5.56 Å². The maximum absolute atomic E-state index is 12.2. The molecule has 21 heavy (non-hydrogen) atoms. The number of aryl methyl sites for hydroxylation is 1. The van der Waals surface area contributed by atoms with Crippen LogP contribution in [0.5, 0.6) is 5.75 Å². The highest BCUT2D eigenvalue weighted by Crippen LogP contribution is 2.28. The van der Waals surface area contributed by atoms with Crippen molar-refractivity contribution in [2.75, 3.05) is 0 Å². The van der Waals surface area contributed by atoms with Crippen LogP contribution < -0.4 is 4.18 Å². The van der Waals surface area contributed by atoms with Crippen molar-refractivity contribution in [3.8, 4) is 11.8 Å². The molecule has 6 heteroatoms. The molecule has 0 N–H and O–H groups in total. The Labute approximate surface area is 128 Å². The van der Waals surface area contributed by atoms with Gasteiger partial charge in [-0.3, -0.25) is 0 Å². The molecule has 0 saturated heterocycles. The van der Waals surface area contributed by atoms with Crippen LogP contribution in [0.4, 0.5) is 0 Å². The van der Waals surface area contributed by atoms with E-state index in [4.69, 9.17) is 21.0 Å². The summed E-state index contributed by atoms with van der Waals surface area (Å²) in [6, 6.07) is 12.5. The van der Waals surface area contributed by atoms with E-state index in [9.17, 15) is 8.42 Å². The van der Waals surface area contributed by atoms with E-state index in [1.165, 1.54) is 30.3 Å². The predicted molar refractivity (Wildman–Crippen MR) is 79.8 cm³/mol. The van der Waals surface area contributed by atoms with Crippen LogP contribution in [0.3, 0.4) is 0 Å². The van der Waals surface area contributed by atoms with E-state index in [2.05, 4.69) is 0 Å². The van der Waals surface area contributed by atoms with Crippen LogP contribution >= 0.6 is 11.6 Å². The Morgan fingerprint density at radius 3 is 2.38 bits per heavy atom. The summed E-state index contributed by atoms with van der Waals surface area (Å²) in [5.74, 6) is -0.00441. The Hall–Kier alpha value is -2.03. The van der Waals surface area contributed by atoms with Crippen molar-refractivity contribution >= 4 is 21.7 Å². The number of rotatable bonds is 4. The largest absolute Gasteiger partial charge is 0.377 e. The van der Waals surface area contributed by atoms with Crippen molar-refractivity contribution in [1.29, 1.82) is 5.26 Å². The van der Waals surface area contributed by atoms with Gasteiger partial charge in [0.15, 0.2) is 5.75 Å². The molecule has 0 aliphatic carbocycles. The summed E-state index contributed by atoms with van der Waals surface area (Å²) in [5, 5.41) is 8.82. The molecule has 108 valence electrons. The Bertz CT molecular complexity index is 793. The molecular formula is C15H12ClNO3S. The highest BCUT2D eigenvalue weighted by Gasteiger charge is 2.18. The summed E-state index contributed by atoms with van der Waals surface area (Å²) in [4.78, 5) is 0.0557. The Balaban J connectivity index is 2.30. The fraction of sp³-hybridized carbons (Fsp3) is 0.133. The van der Waals surface area contributed by atoms with Crippen LogP contribution in [-0.4, -0.2) is 8.42 Å². The summed E-state index contributed by atoms with van der Waals surface area (Å²) in [6.07, 6.45) is 0.822. The summed E-state index contributed by atoms with van der Waals surface area (Å²) in [5.41, 5.74) is 1.36. The SMILES string of the molecule is CCc1ccc(S(=O)(=O)Oc2ccc(C#N)cc2Cl)cc1. The van der Waals surface area contributed by atoms with E-state index < -0.39 is 10.1 Å². The van der Waals surface area contributed by atoms with Crippen molar-refractivity contribution < 1.29 is 12.6 Å². The molecule has 0 heterocycles. The molecule has 0 spiro atoms. The lowest BCUT2D eigenvalue weighted by molar-refractivity contribution is 0.486. The molecule has 4 nitrogen and oxygen atoms in total. The van der Waals surface area contributed by atoms with E-state index >= 15 is 0 Å². The zero-order valence-corrected chi connectivity index (χ0v) is 12.8. The smallest absolute Gasteiger partial charge is 0.339 e. The lowest BCUT2D eigenvalue weighted by atomic mass is 10.2. The van der Waals surface area contributed by atoms with Gasteiger partial charge >= 0.3 is 10.1 Å². The summed E-state index contributed by atoms with van der Waals surface area (Å²) in [6.45, 7) is 1.98. The third-order valence-corrected chi connectivity index (χ3v) is 4.42. The molecular weight excluding hydrogens is 310 g/mol. The van der Waals surface area contributed by atoms with E-state index in [-0.39, 0.29) is 15.7 Å². The molecule has 0 unspecified atom stereocenters. The fourth-order valence-corrected chi connectivity index (χ4v) is 2.91. The third kappa shape index (κ3) is 3.54. The highest BCUT2D eigenvalue weighted by atomic mass is 35.5. The van der Waals surface area contributed by atoms with E-state index in [1.807, 2.05) is 13.0 Å². The standard InChI is InChI=1S/C15H12ClNO3S/c1-2-11-3-6-13(7-4-11)21(18,19)20-15-8-5-12(10-17)9-14(15)16/h3-9H,2H2,1H3. The van der Waals surface area contributed by atoms with Gasteiger partial charge in [0.05, 0.1) is 16.7 Å². The summed E-state index contributed by atoms with van der Waals surface area (Å²) >= 11 is 5.91. The van der Waals surface area contributed by atoms with Gasteiger partial charge in [0.2, 0.25) is 0 Å². The molecule has 2 aromatic carbocycles. The predicted octanol–water partition coefficient (Wildman–Crippen LogP) is 3.54. The second-order valence-electron chi connectivity index (χ2n) is 4.29. The molecule has 2 aromatic rings. The number of hydrogen-bond acceptors (Lipinski definition) is 4. The van der Waals surface area contributed by atoms with Gasteiger partial charge in [-0.05, 0) is 42.3 Å². The molecule has 0 radical (unpaired) electrons. The average molecular weight is 322 g/mol. The van der Waals surface area contributed by atoms with Crippen LogP contribution in [0.15, 0.2) is 47.4 Å². The van der Waals surface area contributed by atoms with Gasteiger partial charge in [0.25, 0.3) is 0 Å². The molecule has 0 amide bonds. The lowest BCUT2D eigenvalue weighted by Gasteiger charge is -2.09. The second-order valence-corrected chi connectivity index (χ2v) is 6.25. The van der Waals surface area contributed by atoms with Gasteiger partial charge in [-0.1, -0.05) is 30.7 Å². The Kier molecular flexibility index (Phi) is 4.51. The van der Waals surface area contributed by atoms with Crippen molar-refractivity contribution in [3.63, 3.8) is 0 Å². The fourth-order valence-electron chi connectivity index (χ4n) is 1.70. The van der Waals surface area contributed by atoms with Crippen molar-refractivity contribution in [2.24, 2.45) is 0 Å². The highest BCUT2D eigenvalue weighted by molar-refractivity contribution is 7.87. The molecule has 2 rings (SSSR count). The summed E-state index contributed by atoms with van der Waals surface area (Å²) < 4.78 is 29.3. The number of nitriles is 1. The monoisotopic (exact) mass is 321 g/mol. The number of benzene rings is 2. The molecule has 0 aromatic heterocycles. The Morgan fingerprint density at radius 2 is 1.86 bits per heavy atom. The molecule has 0 atom stereocenters. The van der Waals surface area contributed by atoms with Gasteiger partial charge in [0, 0.05) is 0 Å². The van der Waals surface area contributed by atoms with Crippen LogP contribution in [0.25, 0.3) is 0 Å². The first-order valence-electron chi connectivity index (χ1n) is 6.19. The summed E-state index contributed by atoms with van der Waals surface area (Å²) in [7, 11) is -3.95. The normalized spacial score (nSPS) is 10.9. The van der Waals surface area contributed by atoms with Crippen LogP contribution in [0, 0.1) is 11.3 Å². The van der Waals surface area contributed by atoms with E-state index in [1.54, 1.807) is 12.1 Å². The second kappa shape index (κ2) is 6.17. The topological polar surface area (TPSA) is 67.2 Å². The molecule has 0 aliphatic rings. The zero-order chi connectivity index (χ0) is 15.5. The zero-order valence-electron chi connectivity index (χ0n) is 11.2. The van der Waals surface area contributed by atoms with Crippen LogP contribution in [0.1, 0.15) is 18.1 Å². The minimum atomic E-state index is -3.95. The first kappa shape index (κ1) is 15.4. The van der Waals surface area contributed by atoms with Gasteiger partial charge in [-0.25, -0.2) is 0 Å². The number of nitrogens with zero attached hydrogens (tertiary/aromatic N) is 1. The molecule has 0 saturated carbocycles. The molecule has 0 aliphatic heterocycles. The van der Waals surface area contributed by atoms with Gasteiger partial charge < -0.3 is 4.18 Å². The first-order chi connectivity index (χ1) is 9.96. The average Bonchev–Trinajstić information content (AvgIpc) is 2.49. The minimum absolute atomic E-state index is 0.00441. The van der Waals surface area contributed by atoms with Gasteiger partial charge in [-0.2, -0.15) is 13.7 Å². The number of halogens is 1. The maximum Gasteiger partial charge on any atom is 0.339 e.